The predicted octanol–water partition coefficient (Wildman–Crippen LogP) is 2.93. The van der Waals surface area contributed by atoms with E-state index in [0.717, 1.165) is 31.5 Å². The van der Waals surface area contributed by atoms with Gasteiger partial charge in [-0.15, -0.1) is 0 Å². The van der Waals surface area contributed by atoms with Gasteiger partial charge in [-0.05, 0) is 25.1 Å². The van der Waals surface area contributed by atoms with Crippen molar-refractivity contribution in [2.24, 2.45) is 0 Å². The van der Waals surface area contributed by atoms with E-state index in [9.17, 15) is 9.90 Å². The molecule has 0 saturated carbocycles. The minimum absolute atomic E-state index is 0.521. The van der Waals surface area contributed by atoms with Crippen LogP contribution in [0.3, 0.4) is 0 Å². The summed E-state index contributed by atoms with van der Waals surface area (Å²) in [5.41, 5.74) is 0.859. The molecule has 0 aromatic heterocycles. The highest BCUT2D eigenvalue weighted by atomic mass is 16.4. The summed E-state index contributed by atoms with van der Waals surface area (Å²) in [6.07, 6.45) is 2.11. The first-order valence-corrected chi connectivity index (χ1v) is 6.22. The molecule has 0 fully saturated rings. The summed E-state index contributed by atoms with van der Waals surface area (Å²) >= 11 is 0. The molecule has 0 saturated heterocycles. The van der Waals surface area contributed by atoms with Gasteiger partial charge in [-0.1, -0.05) is 50.6 Å². The maximum absolute atomic E-state index is 11.4. The largest absolute Gasteiger partial charge is 0.480 e. The second-order valence-corrected chi connectivity index (χ2v) is 4.13. The smallest absolute Gasteiger partial charge is 0.325 e. The number of hydrogen-bond donors (Lipinski definition) is 1. The number of carbonyl (C=O) groups is 1. The summed E-state index contributed by atoms with van der Waals surface area (Å²) in [6, 6.07) is 8.93. The summed E-state index contributed by atoms with van der Waals surface area (Å²) in [5, 5.41) is 9.39. The molecule has 0 spiro atoms. The van der Waals surface area contributed by atoms with Crippen molar-refractivity contribution in [3.8, 4) is 0 Å². The van der Waals surface area contributed by atoms with Crippen LogP contribution in [-0.2, 0) is 4.79 Å². The summed E-state index contributed by atoms with van der Waals surface area (Å²) in [6.45, 7) is 5.71. The highest BCUT2D eigenvalue weighted by Gasteiger charge is 2.25. The van der Waals surface area contributed by atoms with Crippen LogP contribution < -0.4 is 0 Å². The Kier molecular flexibility index (Phi) is 5.70. The Morgan fingerprint density at radius 1 is 1.29 bits per heavy atom. The van der Waals surface area contributed by atoms with Crippen LogP contribution >= 0.6 is 0 Å². The summed E-state index contributed by atoms with van der Waals surface area (Å²) in [7, 11) is 0. The van der Waals surface area contributed by atoms with E-state index in [4.69, 9.17) is 0 Å². The zero-order valence-corrected chi connectivity index (χ0v) is 10.6. The van der Waals surface area contributed by atoms with Gasteiger partial charge in [0, 0.05) is 0 Å². The maximum atomic E-state index is 11.4. The fraction of sp³-hybridized carbons (Fsp3) is 0.500. The first-order valence-electron chi connectivity index (χ1n) is 6.22. The molecule has 1 aromatic carbocycles. The van der Waals surface area contributed by atoms with Crippen LogP contribution in [0.5, 0.6) is 0 Å². The Labute approximate surface area is 103 Å². The number of aliphatic carboxylic acids is 1. The van der Waals surface area contributed by atoms with Crippen molar-refractivity contribution < 1.29 is 9.90 Å². The highest BCUT2D eigenvalue weighted by Crippen LogP contribution is 2.21. The van der Waals surface area contributed by atoms with Gasteiger partial charge in [-0.3, -0.25) is 9.69 Å². The van der Waals surface area contributed by atoms with Crippen LogP contribution in [0.2, 0.25) is 0 Å². The lowest BCUT2D eigenvalue weighted by molar-refractivity contribution is -0.143. The minimum atomic E-state index is -0.769. The lowest BCUT2D eigenvalue weighted by Crippen LogP contribution is -2.34. The molecule has 3 nitrogen and oxygen atoms in total. The molecule has 0 heterocycles. The quantitative estimate of drug-likeness (QED) is 0.790. The van der Waals surface area contributed by atoms with Crippen LogP contribution in [0.25, 0.3) is 0 Å². The number of unbranched alkanes of at least 4 members (excludes halogenated alkanes) is 1. The molecule has 3 heteroatoms. The Morgan fingerprint density at radius 3 is 2.41 bits per heavy atom. The molecule has 1 aromatic rings. The van der Waals surface area contributed by atoms with E-state index in [1.54, 1.807) is 0 Å². The molecule has 0 aliphatic carbocycles. The van der Waals surface area contributed by atoms with E-state index < -0.39 is 12.0 Å². The molecule has 0 amide bonds. The number of rotatable bonds is 7. The monoisotopic (exact) mass is 235 g/mol. The molecule has 1 atom stereocenters. The summed E-state index contributed by atoms with van der Waals surface area (Å²) < 4.78 is 0. The molecule has 0 bridgehead atoms. The zero-order valence-electron chi connectivity index (χ0n) is 10.6. The third kappa shape index (κ3) is 3.86. The van der Waals surface area contributed by atoms with Gasteiger partial charge in [-0.25, -0.2) is 0 Å². The zero-order chi connectivity index (χ0) is 12.7. The second kappa shape index (κ2) is 7.07. The molecule has 1 unspecified atom stereocenters. The van der Waals surface area contributed by atoms with Crippen molar-refractivity contribution in [1.29, 1.82) is 0 Å². The van der Waals surface area contributed by atoms with Gasteiger partial charge in [-0.2, -0.15) is 0 Å². The molecule has 0 aliphatic rings. The lowest BCUT2D eigenvalue weighted by Gasteiger charge is -2.27. The fourth-order valence-electron chi connectivity index (χ4n) is 1.98. The maximum Gasteiger partial charge on any atom is 0.325 e. The number of benzene rings is 1. The average Bonchev–Trinajstić information content (AvgIpc) is 2.35. The molecule has 1 N–H and O–H groups in total. The molecule has 94 valence electrons. The molecule has 17 heavy (non-hydrogen) atoms. The van der Waals surface area contributed by atoms with Gasteiger partial charge >= 0.3 is 5.97 Å². The summed E-state index contributed by atoms with van der Waals surface area (Å²) in [5.74, 6) is -0.769. The Balaban J connectivity index is 2.87. The Hall–Kier alpha value is -1.35. The van der Waals surface area contributed by atoms with Crippen LogP contribution in [-0.4, -0.2) is 29.1 Å². The Morgan fingerprint density at radius 2 is 1.94 bits per heavy atom. The predicted molar refractivity (Wildman–Crippen MR) is 69.0 cm³/mol. The van der Waals surface area contributed by atoms with Crippen LogP contribution in [0.1, 0.15) is 38.3 Å². The molecule has 0 radical (unpaired) electrons. The number of hydrogen-bond acceptors (Lipinski definition) is 2. The van der Waals surface area contributed by atoms with E-state index in [2.05, 4.69) is 6.92 Å². The normalized spacial score (nSPS) is 12.6. The first-order chi connectivity index (χ1) is 8.20. The number of nitrogens with zero attached hydrogens (tertiary/aromatic N) is 1. The van der Waals surface area contributed by atoms with Crippen molar-refractivity contribution in [1.82, 2.24) is 4.90 Å². The number of likely N-dealkylation sites (N-methyl/N-ethyl adjacent to an activating group) is 1. The number of carboxylic acids is 1. The fourth-order valence-corrected chi connectivity index (χ4v) is 1.98. The summed E-state index contributed by atoms with van der Waals surface area (Å²) in [4.78, 5) is 13.4. The van der Waals surface area contributed by atoms with Gasteiger partial charge in [0.05, 0.1) is 0 Å². The lowest BCUT2D eigenvalue weighted by atomic mass is 10.1. The van der Waals surface area contributed by atoms with Crippen molar-refractivity contribution >= 4 is 5.97 Å². The first kappa shape index (κ1) is 13.7. The topological polar surface area (TPSA) is 40.5 Å². The van der Waals surface area contributed by atoms with Crippen molar-refractivity contribution in [2.75, 3.05) is 13.1 Å². The highest BCUT2D eigenvalue weighted by molar-refractivity contribution is 5.75. The third-order valence-electron chi connectivity index (χ3n) is 2.92. The van der Waals surface area contributed by atoms with Gasteiger partial charge < -0.3 is 5.11 Å². The SMILES string of the molecule is CCCCN(CC)C(C(=O)O)c1ccccc1. The standard InChI is InChI=1S/C14H21NO2/c1-3-5-11-15(4-2)13(14(16)17)12-9-7-6-8-10-12/h6-10,13H,3-5,11H2,1-2H3,(H,16,17). The number of carboxylic acid groups (broad SMARTS) is 1. The second-order valence-electron chi connectivity index (χ2n) is 4.13. The van der Waals surface area contributed by atoms with E-state index in [0.29, 0.717) is 0 Å². The van der Waals surface area contributed by atoms with Crippen molar-refractivity contribution in [2.45, 2.75) is 32.7 Å². The average molecular weight is 235 g/mol. The van der Waals surface area contributed by atoms with Crippen molar-refractivity contribution in [3.63, 3.8) is 0 Å². The molecule has 0 aliphatic heterocycles. The third-order valence-corrected chi connectivity index (χ3v) is 2.92. The molecular weight excluding hydrogens is 214 g/mol. The minimum Gasteiger partial charge on any atom is -0.480 e. The van der Waals surface area contributed by atoms with E-state index in [1.807, 2.05) is 42.2 Å². The van der Waals surface area contributed by atoms with Crippen molar-refractivity contribution in [3.05, 3.63) is 35.9 Å². The van der Waals surface area contributed by atoms with Gasteiger partial charge in [0.25, 0.3) is 0 Å². The van der Waals surface area contributed by atoms with E-state index in [-0.39, 0.29) is 0 Å². The Bertz CT molecular complexity index is 337. The molecular formula is C14H21NO2. The molecule has 1 rings (SSSR count). The van der Waals surface area contributed by atoms with Crippen LogP contribution in [0.15, 0.2) is 30.3 Å². The van der Waals surface area contributed by atoms with Gasteiger partial charge in [0.1, 0.15) is 6.04 Å². The van der Waals surface area contributed by atoms with Gasteiger partial charge in [0.2, 0.25) is 0 Å². The van der Waals surface area contributed by atoms with Crippen LogP contribution in [0, 0.1) is 0 Å². The van der Waals surface area contributed by atoms with Gasteiger partial charge in [0.15, 0.2) is 0 Å². The van der Waals surface area contributed by atoms with Crippen LogP contribution in [0.4, 0.5) is 0 Å². The van der Waals surface area contributed by atoms with E-state index in [1.165, 1.54) is 0 Å². The van der Waals surface area contributed by atoms with E-state index >= 15 is 0 Å².